The summed E-state index contributed by atoms with van der Waals surface area (Å²) in [6.07, 6.45) is 0.938. The first kappa shape index (κ1) is 19.3. The van der Waals surface area contributed by atoms with E-state index in [0.29, 0.717) is 12.1 Å². The topological polar surface area (TPSA) is 54.3 Å². The van der Waals surface area contributed by atoms with E-state index in [1.54, 1.807) is 12.1 Å². The van der Waals surface area contributed by atoms with E-state index in [1.165, 1.54) is 5.56 Å². The third-order valence-corrected chi connectivity index (χ3v) is 4.84. The number of benzene rings is 2. The second kappa shape index (κ2) is 8.97. The number of furan rings is 1. The molecule has 1 aromatic heterocycles. The Bertz CT molecular complexity index is 934. The molecule has 0 radical (unpaired) electrons. The Morgan fingerprint density at radius 3 is 2.41 bits per heavy atom. The lowest BCUT2D eigenvalue weighted by molar-refractivity contribution is 0.0976. The summed E-state index contributed by atoms with van der Waals surface area (Å²) in [6, 6.07) is 19.2. The van der Waals surface area contributed by atoms with Gasteiger partial charge in [-0.05, 0) is 60.6 Å². The van der Waals surface area contributed by atoms with Crippen LogP contribution < -0.4 is 10.6 Å². The summed E-state index contributed by atoms with van der Waals surface area (Å²) in [5.41, 5.74) is 2.76. The molecule has 1 amide bonds. The molecule has 2 aromatic carbocycles. The molecule has 0 unspecified atom stereocenters. The Kier molecular flexibility index (Phi) is 6.42. The number of hydrogen-bond acceptors (Lipinski definition) is 3. The number of aryl methyl sites for hydroxylation is 1. The Hall–Kier alpha value is -2.44. The van der Waals surface area contributed by atoms with Crippen molar-refractivity contribution in [2.45, 2.75) is 19.9 Å². The number of nitrogens with one attached hydrogen (secondary N) is 2. The molecule has 0 saturated heterocycles. The standard InChI is InChI=1S/C21H19BrN2O2S/c1-2-14-3-5-16(6-4-14)20(25)24-21(27)23-13-18-11-12-19(26-18)15-7-9-17(22)10-8-15/h3-12H,2,13H2,1H3,(H2,23,24,25,27). The summed E-state index contributed by atoms with van der Waals surface area (Å²) in [5.74, 6) is 1.28. The van der Waals surface area contributed by atoms with Gasteiger partial charge in [0.25, 0.3) is 5.91 Å². The summed E-state index contributed by atoms with van der Waals surface area (Å²) in [7, 11) is 0. The summed E-state index contributed by atoms with van der Waals surface area (Å²) in [5, 5.41) is 5.94. The molecule has 0 saturated carbocycles. The minimum absolute atomic E-state index is 0.231. The Labute approximate surface area is 172 Å². The van der Waals surface area contributed by atoms with Crippen LogP contribution in [-0.4, -0.2) is 11.0 Å². The van der Waals surface area contributed by atoms with Gasteiger partial charge in [0.15, 0.2) is 5.11 Å². The smallest absolute Gasteiger partial charge is 0.257 e. The summed E-state index contributed by atoms with van der Waals surface area (Å²) in [6.45, 7) is 2.47. The van der Waals surface area contributed by atoms with E-state index in [1.807, 2.05) is 48.5 Å². The van der Waals surface area contributed by atoms with Gasteiger partial charge < -0.3 is 9.73 Å². The largest absolute Gasteiger partial charge is 0.459 e. The van der Waals surface area contributed by atoms with Gasteiger partial charge in [-0.3, -0.25) is 10.1 Å². The molecule has 27 heavy (non-hydrogen) atoms. The van der Waals surface area contributed by atoms with Crippen molar-refractivity contribution in [3.05, 3.63) is 82.0 Å². The van der Waals surface area contributed by atoms with Crippen molar-refractivity contribution in [3.8, 4) is 11.3 Å². The molecule has 4 nitrogen and oxygen atoms in total. The van der Waals surface area contributed by atoms with E-state index in [0.717, 1.165) is 28.0 Å². The van der Waals surface area contributed by atoms with Crippen molar-refractivity contribution in [2.75, 3.05) is 0 Å². The van der Waals surface area contributed by atoms with Gasteiger partial charge in [0.2, 0.25) is 0 Å². The van der Waals surface area contributed by atoms with Crippen LogP contribution in [0.5, 0.6) is 0 Å². The third-order valence-electron chi connectivity index (χ3n) is 4.07. The zero-order chi connectivity index (χ0) is 19.2. The fourth-order valence-electron chi connectivity index (χ4n) is 2.52. The number of hydrogen-bond donors (Lipinski definition) is 2. The first-order valence-electron chi connectivity index (χ1n) is 8.58. The van der Waals surface area contributed by atoms with E-state index in [9.17, 15) is 4.79 Å². The van der Waals surface area contributed by atoms with Crippen LogP contribution in [-0.2, 0) is 13.0 Å². The summed E-state index contributed by atoms with van der Waals surface area (Å²) < 4.78 is 6.84. The molecule has 0 aliphatic carbocycles. The normalized spacial score (nSPS) is 10.4. The monoisotopic (exact) mass is 442 g/mol. The number of carbonyl (C=O) groups is 1. The average Bonchev–Trinajstić information content (AvgIpc) is 3.16. The van der Waals surface area contributed by atoms with Gasteiger partial charge >= 0.3 is 0 Å². The quantitative estimate of drug-likeness (QED) is 0.541. The SMILES string of the molecule is CCc1ccc(C(=O)NC(=S)NCc2ccc(-c3ccc(Br)cc3)o2)cc1. The average molecular weight is 443 g/mol. The van der Waals surface area contributed by atoms with Crippen molar-refractivity contribution in [1.29, 1.82) is 0 Å². The first-order chi connectivity index (χ1) is 13.0. The molecular weight excluding hydrogens is 424 g/mol. The van der Waals surface area contributed by atoms with Crippen LogP contribution >= 0.6 is 28.1 Å². The van der Waals surface area contributed by atoms with Gasteiger partial charge in [0.1, 0.15) is 11.5 Å². The van der Waals surface area contributed by atoms with Crippen LogP contribution in [0, 0.1) is 0 Å². The molecule has 3 aromatic rings. The van der Waals surface area contributed by atoms with Crippen LogP contribution in [0.2, 0.25) is 0 Å². The highest BCUT2D eigenvalue weighted by atomic mass is 79.9. The highest BCUT2D eigenvalue weighted by molar-refractivity contribution is 9.10. The molecule has 0 bridgehead atoms. The van der Waals surface area contributed by atoms with E-state index >= 15 is 0 Å². The van der Waals surface area contributed by atoms with Gasteiger partial charge in [0, 0.05) is 15.6 Å². The maximum atomic E-state index is 12.2. The van der Waals surface area contributed by atoms with Gasteiger partial charge in [0.05, 0.1) is 6.54 Å². The van der Waals surface area contributed by atoms with Crippen LogP contribution in [0.25, 0.3) is 11.3 Å². The van der Waals surface area contributed by atoms with Gasteiger partial charge in [-0.15, -0.1) is 0 Å². The fourth-order valence-corrected chi connectivity index (χ4v) is 2.95. The Balaban J connectivity index is 1.53. The minimum atomic E-state index is -0.231. The van der Waals surface area contributed by atoms with Crippen LogP contribution in [0.3, 0.4) is 0 Å². The minimum Gasteiger partial charge on any atom is -0.459 e. The molecule has 2 N–H and O–H groups in total. The van der Waals surface area contributed by atoms with Crippen molar-refractivity contribution in [3.63, 3.8) is 0 Å². The number of halogens is 1. The molecule has 1 heterocycles. The first-order valence-corrected chi connectivity index (χ1v) is 9.78. The van der Waals surface area contributed by atoms with E-state index < -0.39 is 0 Å². The highest BCUT2D eigenvalue weighted by Gasteiger charge is 2.09. The fraction of sp³-hybridized carbons (Fsp3) is 0.143. The zero-order valence-corrected chi connectivity index (χ0v) is 17.2. The van der Waals surface area contributed by atoms with E-state index in [-0.39, 0.29) is 11.0 Å². The highest BCUT2D eigenvalue weighted by Crippen LogP contribution is 2.23. The third kappa shape index (κ3) is 5.28. The maximum absolute atomic E-state index is 12.2. The lowest BCUT2D eigenvalue weighted by atomic mass is 10.1. The number of thiocarbonyl (C=S) groups is 1. The van der Waals surface area contributed by atoms with Crippen molar-refractivity contribution < 1.29 is 9.21 Å². The van der Waals surface area contributed by atoms with Gasteiger partial charge in [-0.1, -0.05) is 47.1 Å². The van der Waals surface area contributed by atoms with Crippen molar-refractivity contribution >= 4 is 39.2 Å². The van der Waals surface area contributed by atoms with Crippen LogP contribution in [0.1, 0.15) is 28.6 Å². The molecule has 0 atom stereocenters. The molecule has 0 fully saturated rings. The molecule has 3 rings (SSSR count). The Morgan fingerprint density at radius 1 is 1.04 bits per heavy atom. The lowest BCUT2D eigenvalue weighted by Gasteiger charge is -2.09. The number of rotatable bonds is 5. The molecule has 138 valence electrons. The second-order valence-electron chi connectivity index (χ2n) is 5.96. The van der Waals surface area contributed by atoms with Gasteiger partial charge in [-0.2, -0.15) is 0 Å². The van der Waals surface area contributed by atoms with Crippen LogP contribution in [0.15, 0.2) is 69.6 Å². The predicted octanol–water partition coefficient (Wildman–Crippen LogP) is 5.08. The zero-order valence-electron chi connectivity index (χ0n) is 14.8. The van der Waals surface area contributed by atoms with Crippen molar-refractivity contribution in [2.24, 2.45) is 0 Å². The Morgan fingerprint density at radius 2 is 1.74 bits per heavy atom. The van der Waals surface area contributed by atoms with E-state index in [2.05, 4.69) is 33.5 Å². The molecule has 6 heteroatoms. The summed E-state index contributed by atoms with van der Waals surface area (Å²) >= 11 is 8.62. The predicted molar refractivity (Wildman–Crippen MR) is 115 cm³/mol. The molecule has 0 aliphatic rings. The maximum Gasteiger partial charge on any atom is 0.257 e. The van der Waals surface area contributed by atoms with Gasteiger partial charge in [-0.25, -0.2) is 0 Å². The number of amides is 1. The lowest BCUT2D eigenvalue weighted by Crippen LogP contribution is -2.38. The molecular formula is C21H19BrN2O2S. The van der Waals surface area contributed by atoms with Crippen LogP contribution in [0.4, 0.5) is 0 Å². The van der Waals surface area contributed by atoms with Crippen molar-refractivity contribution in [1.82, 2.24) is 10.6 Å². The number of carbonyl (C=O) groups excluding carboxylic acids is 1. The molecule has 0 aliphatic heterocycles. The molecule has 0 spiro atoms. The van der Waals surface area contributed by atoms with E-state index in [4.69, 9.17) is 16.6 Å². The second-order valence-corrected chi connectivity index (χ2v) is 7.28. The summed E-state index contributed by atoms with van der Waals surface area (Å²) in [4.78, 5) is 12.2.